The lowest BCUT2D eigenvalue weighted by Gasteiger charge is -2.19. The summed E-state index contributed by atoms with van der Waals surface area (Å²) < 4.78 is 5.23. The first-order valence-corrected chi connectivity index (χ1v) is 11.8. The first-order chi connectivity index (χ1) is 17.7. The first-order valence-electron chi connectivity index (χ1n) is 11.8. The van der Waals surface area contributed by atoms with Crippen molar-refractivity contribution in [2.75, 3.05) is 10.6 Å². The van der Waals surface area contributed by atoms with E-state index in [0.29, 0.717) is 22.9 Å². The van der Waals surface area contributed by atoms with E-state index in [9.17, 15) is 9.59 Å². The average molecular weight is 495 g/mol. The minimum absolute atomic E-state index is 0.372. The van der Waals surface area contributed by atoms with Crippen molar-refractivity contribution in [3.05, 3.63) is 72.9 Å². The molecule has 0 radical (unpaired) electrons. The Hall–Kier alpha value is -4.79. The molecule has 3 aromatic carbocycles. The number of carbonyl (C=O) groups is 2. The van der Waals surface area contributed by atoms with Crippen LogP contribution < -0.4 is 10.6 Å². The van der Waals surface area contributed by atoms with E-state index in [4.69, 9.17) is 14.7 Å². The summed E-state index contributed by atoms with van der Waals surface area (Å²) in [6.07, 6.45) is 1.40. The Kier molecular flexibility index (Phi) is 6.27. The van der Waals surface area contributed by atoms with E-state index in [-0.39, 0.29) is 6.42 Å². The molecule has 0 fully saturated rings. The number of esters is 1. The van der Waals surface area contributed by atoms with Gasteiger partial charge in [-0.15, -0.1) is 0 Å². The molecule has 0 bridgehead atoms. The zero-order valence-corrected chi connectivity index (χ0v) is 20.7. The predicted molar refractivity (Wildman–Crippen MR) is 143 cm³/mol. The molecule has 0 saturated heterocycles. The van der Waals surface area contributed by atoms with E-state index in [0.717, 1.165) is 27.5 Å². The minimum Gasteiger partial charge on any atom is -0.460 e. The van der Waals surface area contributed by atoms with Crippen molar-refractivity contribution in [3.63, 3.8) is 0 Å². The number of nitrogens with one attached hydrogen (secondary N) is 3. The number of amides is 1. The monoisotopic (exact) mass is 494 g/mol. The van der Waals surface area contributed by atoms with Crippen LogP contribution in [0, 0.1) is 0 Å². The van der Waals surface area contributed by atoms with Crippen LogP contribution in [0.25, 0.3) is 33.2 Å². The molecular weight excluding hydrogens is 468 g/mol. The van der Waals surface area contributed by atoms with Gasteiger partial charge in [0.15, 0.2) is 5.82 Å². The van der Waals surface area contributed by atoms with E-state index < -0.39 is 17.5 Å². The smallest absolute Gasteiger partial charge is 0.315 e. The highest BCUT2D eigenvalue weighted by Crippen LogP contribution is 2.29. The van der Waals surface area contributed by atoms with Gasteiger partial charge in [-0.05, 0) is 63.2 Å². The lowest BCUT2D eigenvalue weighted by Crippen LogP contribution is -2.27. The van der Waals surface area contributed by atoms with Gasteiger partial charge in [0.1, 0.15) is 17.8 Å². The van der Waals surface area contributed by atoms with E-state index in [1.54, 1.807) is 45.2 Å². The quantitative estimate of drug-likeness (QED) is 0.208. The van der Waals surface area contributed by atoms with Crippen LogP contribution in [-0.4, -0.2) is 37.6 Å². The normalized spacial score (nSPS) is 11.4. The van der Waals surface area contributed by atoms with Crippen LogP contribution in [0.1, 0.15) is 27.2 Å². The third kappa shape index (κ3) is 5.72. The summed E-state index contributed by atoms with van der Waals surface area (Å²) in [7, 11) is 0. The second-order valence-electron chi connectivity index (χ2n) is 9.60. The standard InChI is InChI=1S/C28H26N6O3/c1-28(2,3)37-25(36)15-24(35)30-19-8-6-7-17(13-19)26-32-23-10-5-4-9-21(23)27(33-26)31-20-11-12-22-18(14-20)16-29-34-22/h4-14,16H,15H2,1-3H3,(H,29,34)(H,30,35)(H,31,32,33). The number of aromatic amines is 1. The van der Waals surface area contributed by atoms with Crippen LogP contribution in [0.2, 0.25) is 0 Å². The fourth-order valence-electron chi connectivity index (χ4n) is 3.91. The highest BCUT2D eigenvalue weighted by atomic mass is 16.6. The number of anilines is 3. The van der Waals surface area contributed by atoms with Gasteiger partial charge < -0.3 is 15.4 Å². The van der Waals surface area contributed by atoms with Crippen molar-refractivity contribution in [1.82, 2.24) is 20.2 Å². The van der Waals surface area contributed by atoms with Crippen molar-refractivity contribution in [1.29, 1.82) is 0 Å². The van der Waals surface area contributed by atoms with Gasteiger partial charge in [-0.3, -0.25) is 14.7 Å². The molecule has 0 spiro atoms. The van der Waals surface area contributed by atoms with E-state index in [1.165, 1.54) is 0 Å². The Labute approximate surface area is 213 Å². The number of ether oxygens (including phenoxy) is 1. The summed E-state index contributed by atoms with van der Waals surface area (Å²) in [5, 5.41) is 15.1. The summed E-state index contributed by atoms with van der Waals surface area (Å²) in [5.41, 5.74) is 3.19. The first kappa shape index (κ1) is 23.9. The molecule has 0 atom stereocenters. The van der Waals surface area contributed by atoms with Crippen molar-refractivity contribution in [3.8, 4) is 11.4 Å². The number of hydrogen-bond donors (Lipinski definition) is 3. The Morgan fingerprint density at radius 1 is 0.946 bits per heavy atom. The third-order valence-electron chi connectivity index (χ3n) is 5.44. The van der Waals surface area contributed by atoms with Gasteiger partial charge in [0.25, 0.3) is 0 Å². The summed E-state index contributed by atoms with van der Waals surface area (Å²) in [6, 6.07) is 20.9. The Morgan fingerprint density at radius 2 is 1.78 bits per heavy atom. The van der Waals surface area contributed by atoms with E-state index in [2.05, 4.69) is 20.8 Å². The molecule has 9 nitrogen and oxygen atoms in total. The Balaban J connectivity index is 1.42. The van der Waals surface area contributed by atoms with Crippen molar-refractivity contribution < 1.29 is 14.3 Å². The summed E-state index contributed by atoms with van der Waals surface area (Å²) in [6.45, 7) is 5.28. The van der Waals surface area contributed by atoms with Crippen LogP contribution in [0.5, 0.6) is 0 Å². The molecule has 1 amide bonds. The number of rotatable bonds is 6. The van der Waals surface area contributed by atoms with Crippen LogP contribution in [0.4, 0.5) is 17.2 Å². The molecule has 0 aliphatic rings. The summed E-state index contributed by atoms with van der Waals surface area (Å²) >= 11 is 0. The Morgan fingerprint density at radius 3 is 2.62 bits per heavy atom. The van der Waals surface area contributed by atoms with Crippen molar-refractivity contribution >= 4 is 50.9 Å². The molecule has 5 rings (SSSR count). The SMILES string of the molecule is CC(C)(C)OC(=O)CC(=O)Nc1cccc(-c2nc(Nc3ccc4[nH]ncc4c3)c3ccccc3n2)c1. The summed E-state index contributed by atoms with van der Waals surface area (Å²) in [5.74, 6) is 0.114. The number of nitrogens with zero attached hydrogens (tertiary/aromatic N) is 3. The lowest BCUT2D eigenvalue weighted by molar-refractivity contribution is -0.155. The molecule has 9 heteroatoms. The van der Waals surface area contributed by atoms with Gasteiger partial charge in [0, 0.05) is 27.7 Å². The number of H-pyrrole nitrogens is 1. The van der Waals surface area contributed by atoms with Crippen LogP contribution >= 0.6 is 0 Å². The van der Waals surface area contributed by atoms with Gasteiger partial charge in [-0.1, -0.05) is 24.3 Å². The van der Waals surface area contributed by atoms with E-state index in [1.807, 2.05) is 48.5 Å². The van der Waals surface area contributed by atoms with Gasteiger partial charge >= 0.3 is 5.97 Å². The molecule has 0 aliphatic carbocycles. The molecule has 0 saturated carbocycles. The largest absolute Gasteiger partial charge is 0.460 e. The maximum Gasteiger partial charge on any atom is 0.315 e. The molecule has 0 aliphatic heterocycles. The van der Waals surface area contributed by atoms with Gasteiger partial charge in [-0.2, -0.15) is 5.10 Å². The fraction of sp³-hybridized carbons (Fsp3) is 0.179. The maximum absolute atomic E-state index is 12.4. The molecule has 0 unspecified atom stereocenters. The molecular formula is C28H26N6O3. The molecule has 186 valence electrons. The molecule has 5 aromatic rings. The molecule has 37 heavy (non-hydrogen) atoms. The lowest BCUT2D eigenvalue weighted by atomic mass is 10.1. The summed E-state index contributed by atoms with van der Waals surface area (Å²) in [4.78, 5) is 34.0. The van der Waals surface area contributed by atoms with Gasteiger partial charge in [-0.25, -0.2) is 9.97 Å². The zero-order chi connectivity index (χ0) is 26.0. The van der Waals surface area contributed by atoms with Crippen LogP contribution in [0.15, 0.2) is 72.9 Å². The predicted octanol–water partition coefficient (Wildman–Crippen LogP) is 5.59. The second kappa shape index (κ2) is 9.69. The number of benzene rings is 3. The number of aromatic nitrogens is 4. The second-order valence-corrected chi connectivity index (χ2v) is 9.60. The van der Waals surface area contributed by atoms with Gasteiger partial charge in [0.2, 0.25) is 5.91 Å². The van der Waals surface area contributed by atoms with Gasteiger partial charge in [0.05, 0.1) is 17.2 Å². The third-order valence-corrected chi connectivity index (χ3v) is 5.44. The van der Waals surface area contributed by atoms with Crippen molar-refractivity contribution in [2.45, 2.75) is 32.8 Å². The zero-order valence-electron chi connectivity index (χ0n) is 20.7. The highest BCUT2D eigenvalue weighted by Gasteiger charge is 2.19. The number of carbonyl (C=O) groups excluding carboxylic acids is 2. The number of para-hydroxylation sites is 1. The maximum atomic E-state index is 12.4. The molecule has 2 heterocycles. The van der Waals surface area contributed by atoms with Crippen molar-refractivity contribution in [2.24, 2.45) is 0 Å². The minimum atomic E-state index is -0.652. The number of hydrogen-bond acceptors (Lipinski definition) is 7. The van der Waals surface area contributed by atoms with E-state index >= 15 is 0 Å². The van der Waals surface area contributed by atoms with Crippen LogP contribution in [-0.2, 0) is 14.3 Å². The topological polar surface area (TPSA) is 122 Å². The van der Waals surface area contributed by atoms with Crippen LogP contribution in [0.3, 0.4) is 0 Å². The fourth-order valence-corrected chi connectivity index (χ4v) is 3.91. The Bertz CT molecular complexity index is 1620. The average Bonchev–Trinajstić information content (AvgIpc) is 3.31. The molecule has 2 aromatic heterocycles. The highest BCUT2D eigenvalue weighted by molar-refractivity contribution is 6.02. The molecule has 3 N–H and O–H groups in total. The number of fused-ring (bicyclic) bond motifs is 2.